The van der Waals surface area contributed by atoms with E-state index in [9.17, 15) is 4.79 Å². The molecule has 0 spiro atoms. The quantitative estimate of drug-likeness (QED) is 0.847. The molecule has 0 aromatic heterocycles. The summed E-state index contributed by atoms with van der Waals surface area (Å²) in [6.07, 6.45) is 2.07. The molecular weight excluding hydrogens is 236 g/mol. The normalized spacial score (nSPS) is 16.7. The molecule has 0 saturated carbocycles. The molecule has 1 heterocycles. The number of nitrogens with zero attached hydrogens (tertiary/aromatic N) is 1. The third-order valence-electron chi connectivity index (χ3n) is 4.09. The van der Waals surface area contributed by atoms with Crippen molar-refractivity contribution in [3.8, 4) is 0 Å². The predicted octanol–water partition coefficient (Wildman–Crippen LogP) is 1.93. The summed E-state index contributed by atoms with van der Waals surface area (Å²) in [7, 11) is 1.93. The second-order valence-corrected chi connectivity index (χ2v) is 5.56. The second kappa shape index (κ2) is 6.71. The molecule has 104 valence electrons. The molecule has 1 saturated heterocycles. The van der Waals surface area contributed by atoms with Gasteiger partial charge in [-0.2, -0.15) is 0 Å². The summed E-state index contributed by atoms with van der Waals surface area (Å²) >= 11 is 0. The van der Waals surface area contributed by atoms with Gasteiger partial charge in [0.1, 0.15) is 0 Å². The van der Waals surface area contributed by atoms with Gasteiger partial charge in [0.2, 0.25) is 5.91 Å². The standard InChI is InChI=1S/C16H24N2O/c1-13(15-11-17-12-15)16(19)18(2)10-6-9-14-7-4-3-5-8-14/h3-5,7-8,13,15,17H,6,9-12H2,1-2H3. The summed E-state index contributed by atoms with van der Waals surface area (Å²) in [6.45, 7) is 4.88. The minimum Gasteiger partial charge on any atom is -0.346 e. The Morgan fingerprint density at radius 2 is 2.05 bits per heavy atom. The van der Waals surface area contributed by atoms with Crippen LogP contribution in [-0.4, -0.2) is 37.5 Å². The fourth-order valence-electron chi connectivity index (χ4n) is 2.49. The monoisotopic (exact) mass is 260 g/mol. The highest BCUT2D eigenvalue weighted by molar-refractivity contribution is 5.78. The fraction of sp³-hybridized carbons (Fsp3) is 0.562. The van der Waals surface area contributed by atoms with Gasteiger partial charge in [-0.05, 0) is 37.4 Å². The molecule has 0 bridgehead atoms. The number of nitrogens with one attached hydrogen (secondary N) is 1. The van der Waals surface area contributed by atoms with Crippen LogP contribution in [0.25, 0.3) is 0 Å². The third kappa shape index (κ3) is 3.80. The highest BCUT2D eigenvalue weighted by atomic mass is 16.2. The summed E-state index contributed by atoms with van der Waals surface area (Å²) in [5, 5.41) is 3.23. The van der Waals surface area contributed by atoms with E-state index in [1.807, 2.05) is 18.0 Å². The Hall–Kier alpha value is -1.35. The van der Waals surface area contributed by atoms with Crippen molar-refractivity contribution >= 4 is 5.91 Å². The molecule has 1 atom stereocenters. The number of benzene rings is 1. The summed E-state index contributed by atoms with van der Waals surface area (Å²) in [6, 6.07) is 10.5. The number of carbonyl (C=O) groups excluding carboxylic acids is 1. The van der Waals surface area contributed by atoms with Crippen molar-refractivity contribution in [2.45, 2.75) is 19.8 Å². The summed E-state index contributed by atoms with van der Waals surface area (Å²) in [4.78, 5) is 14.1. The Morgan fingerprint density at radius 1 is 1.37 bits per heavy atom. The molecule has 1 unspecified atom stereocenters. The molecule has 3 heteroatoms. The van der Waals surface area contributed by atoms with E-state index in [4.69, 9.17) is 0 Å². The molecule has 0 aliphatic carbocycles. The van der Waals surface area contributed by atoms with E-state index in [1.165, 1.54) is 5.56 Å². The molecule has 19 heavy (non-hydrogen) atoms. The first kappa shape index (κ1) is 14.1. The van der Waals surface area contributed by atoms with Gasteiger partial charge in [0.05, 0.1) is 0 Å². The van der Waals surface area contributed by atoms with Crippen LogP contribution in [0.5, 0.6) is 0 Å². The average molecular weight is 260 g/mol. The van der Waals surface area contributed by atoms with Crippen LogP contribution < -0.4 is 5.32 Å². The first-order chi connectivity index (χ1) is 9.18. The van der Waals surface area contributed by atoms with Gasteiger partial charge in [0.25, 0.3) is 0 Å². The van der Waals surface area contributed by atoms with E-state index in [0.717, 1.165) is 32.5 Å². The van der Waals surface area contributed by atoms with E-state index in [0.29, 0.717) is 11.8 Å². The lowest BCUT2D eigenvalue weighted by atomic mass is 9.88. The topological polar surface area (TPSA) is 32.3 Å². The molecule has 1 fully saturated rings. The molecule has 1 aliphatic rings. The van der Waals surface area contributed by atoms with Crippen molar-refractivity contribution in [1.29, 1.82) is 0 Å². The van der Waals surface area contributed by atoms with Crippen molar-refractivity contribution in [3.63, 3.8) is 0 Å². The van der Waals surface area contributed by atoms with Gasteiger partial charge in [-0.3, -0.25) is 4.79 Å². The van der Waals surface area contributed by atoms with Gasteiger partial charge in [-0.15, -0.1) is 0 Å². The molecule has 1 aliphatic heterocycles. The molecule has 1 N–H and O–H groups in total. The van der Waals surface area contributed by atoms with Crippen molar-refractivity contribution < 1.29 is 4.79 Å². The molecule has 1 aromatic rings. The minimum absolute atomic E-state index is 0.156. The van der Waals surface area contributed by atoms with Crippen LogP contribution in [0.15, 0.2) is 30.3 Å². The molecule has 1 aromatic carbocycles. The highest BCUT2D eigenvalue weighted by Crippen LogP contribution is 2.18. The Morgan fingerprint density at radius 3 is 2.63 bits per heavy atom. The fourth-order valence-corrected chi connectivity index (χ4v) is 2.49. The van der Waals surface area contributed by atoms with Gasteiger partial charge in [0.15, 0.2) is 0 Å². The first-order valence-electron chi connectivity index (χ1n) is 7.18. The Balaban J connectivity index is 1.71. The van der Waals surface area contributed by atoms with E-state index in [-0.39, 0.29) is 5.92 Å². The predicted molar refractivity (Wildman–Crippen MR) is 77.9 cm³/mol. The van der Waals surface area contributed by atoms with Gasteiger partial charge in [0, 0.05) is 19.5 Å². The highest BCUT2D eigenvalue weighted by Gasteiger charge is 2.30. The maximum atomic E-state index is 12.2. The Kier molecular flexibility index (Phi) is 4.97. The van der Waals surface area contributed by atoms with Crippen LogP contribution in [0.4, 0.5) is 0 Å². The molecule has 3 nitrogen and oxygen atoms in total. The molecule has 0 radical (unpaired) electrons. The number of aryl methyl sites for hydroxylation is 1. The van der Waals surface area contributed by atoms with Crippen molar-refractivity contribution in [1.82, 2.24) is 10.2 Å². The van der Waals surface area contributed by atoms with E-state index >= 15 is 0 Å². The van der Waals surface area contributed by atoms with Crippen LogP contribution in [0, 0.1) is 11.8 Å². The van der Waals surface area contributed by atoms with Crippen molar-refractivity contribution in [3.05, 3.63) is 35.9 Å². The maximum absolute atomic E-state index is 12.2. The van der Waals surface area contributed by atoms with Gasteiger partial charge in [-0.1, -0.05) is 37.3 Å². The van der Waals surface area contributed by atoms with Crippen LogP contribution in [0.1, 0.15) is 18.9 Å². The van der Waals surface area contributed by atoms with Crippen LogP contribution in [0.3, 0.4) is 0 Å². The van der Waals surface area contributed by atoms with Crippen LogP contribution in [0.2, 0.25) is 0 Å². The van der Waals surface area contributed by atoms with Gasteiger partial charge < -0.3 is 10.2 Å². The number of carbonyl (C=O) groups is 1. The largest absolute Gasteiger partial charge is 0.346 e. The summed E-state index contributed by atoms with van der Waals surface area (Å²) in [5.74, 6) is 0.978. The zero-order valence-corrected chi connectivity index (χ0v) is 11.9. The van der Waals surface area contributed by atoms with Crippen LogP contribution in [-0.2, 0) is 11.2 Å². The first-order valence-corrected chi connectivity index (χ1v) is 7.18. The lowest BCUT2D eigenvalue weighted by Gasteiger charge is -2.34. The summed E-state index contributed by atoms with van der Waals surface area (Å²) < 4.78 is 0. The Labute approximate surface area is 116 Å². The second-order valence-electron chi connectivity index (χ2n) is 5.56. The lowest BCUT2D eigenvalue weighted by Crippen LogP contribution is -2.50. The lowest BCUT2D eigenvalue weighted by molar-refractivity contribution is -0.136. The van der Waals surface area contributed by atoms with Crippen molar-refractivity contribution in [2.75, 3.05) is 26.7 Å². The SMILES string of the molecule is CC(C(=O)N(C)CCCc1ccccc1)C1CNC1. The number of amides is 1. The van der Waals surface area contributed by atoms with E-state index in [1.54, 1.807) is 0 Å². The molecular formula is C16H24N2O. The zero-order chi connectivity index (χ0) is 13.7. The van der Waals surface area contributed by atoms with E-state index < -0.39 is 0 Å². The van der Waals surface area contributed by atoms with Gasteiger partial charge in [-0.25, -0.2) is 0 Å². The summed E-state index contributed by atoms with van der Waals surface area (Å²) in [5.41, 5.74) is 1.35. The zero-order valence-electron chi connectivity index (χ0n) is 11.9. The number of hydrogen-bond donors (Lipinski definition) is 1. The van der Waals surface area contributed by atoms with Crippen LogP contribution >= 0.6 is 0 Å². The Bertz CT molecular complexity index is 400. The number of hydrogen-bond acceptors (Lipinski definition) is 2. The smallest absolute Gasteiger partial charge is 0.225 e. The molecule has 1 amide bonds. The number of rotatable bonds is 6. The molecule has 2 rings (SSSR count). The maximum Gasteiger partial charge on any atom is 0.225 e. The minimum atomic E-state index is 0.156. The van der Waals surface area contributed by atoms with Crippen molar-refractivity contribution in [2.24, 2.45) is 11.8 Å². The van der Waals surface area contributed by atoms with E-state index in [2.05, 4.69) is 36.5 Å². The third-order valence-corrected chi connectivity index (χ3v) is 4.09. The average Bonchev–Trinajstić information content (AvgIpc) is 2.37. The van der Waals surface area contributed by atoms with Gasteiger partial charge >= 0.3 is 0 Å².